The third-order valence-corrected chi connectivity index (χ3v) is 4.06. The molecule has 0 aliphatic carbocycles. The molecule has 0 aliphatic rings. The number of hydrogen-bond donors (Lipinski definition) is 3. The molecule has 4 N–H and O–H groups in total. The number of nitrogens with zero attached hydrogens (tertiary/aromatic N) is 2. The van der Waals surface area contributed by atoms with Crippen LogP contribution >= 0.6 is 0 Å². The Kier molecular flexibility index (Phi) is 6.62. The van der Waals surface area contributed by atoms with Crippen molar-refractivity contribution in [2.75, 3.05) is 6.54 Å². The highest BCUT2D eigenvalue weighted by Crippen LogP contribution is 2.20. The largest absolute Gasteiger partial charge is 0.346 e. The van der Waals surface area contributed by atoms with E-state index in [0.717, 1.165) is 0 Å². The van der Waals surface area contributed by atoms with Crippen molar-refractivity contribution in [2.24, 2.45) is 11.7 Å². The number of nitrogens with two attached hydrogens (primary N) is 1. The summed E-state index contributed by atoms with van der Waals surface area (Å²) >= 11 is 0. The highest BCUT2D eigenvalue weighted by atomic mass is 19.1. The van der Waals surface area contributed by atoms with Gasteiger partial charge in [-0.1, -0.05) is 31.1 Å². The van der Waals surface area contributed by atoms with Crippen molar-refractivity contribution >= 4 is 11.8 Å². The van der Waals surface area contributed by atoms with Gasteiger partial charge in [-0.15, -0.1) is 0 Å². The molecule has 2 atom stereocenters. The summed E-state index contributed by atoms with van der Waals surface area (Å²) in [6.45, 7) is 6.74. The normalized spacial score (nSPS) is 13.3. The average molecular weight is 377 g/mol. The first-order valence-electron chi connectivity index (χ1n) is 8.61. The molecule has 0 aliphatic heterocycles. The lowest BCUT2D eigenvalue weighted by molar-refractivity contribution is -0.127. The van der Waals surface area contributed by atoms with Gasteiger partial charge in [0.05, 0.1) is 12.6 Å². The van der Waals surface area contributed by atoms with Gasteiger partial charge in [-0.25, -0.2) is 4.39 Å². The monoisotopic (exact) mass is 377 g/mol. The number of halogens is 1. The number of carbonyl (C=O) groups excluding carboxylic acids is 2. The zero-order valence-corrected chi connectivity index (χ0v) is 15.7. The van der Waals surface area contributed by atoms with Crippen molar-refractivity contribution < 1.29 is 18.5 Å². The zero-order chi connectivity index (χ0) is 20.1. The topological polar surface area (TPSA) is 123 Å². The second-order valence-corrected chi connectivity index (χ2v) is 6.70. The predicted molar refractivity (Wildman–Crippen MR) is 96.8 cm³/mol. The van der Waals surface area contributed by atoms with Gasteiger partial charge in [0.25, 0.3) is 0 Å². The molecule has 2 amide bonds. The van der Waals surface area contributed by atoms with Gasteiger partial charge >= 0.3 is 0 Å². The number of aryl methyl sites for hydroxylation is 1. The fourth-order valence-corrected chi connectivity index (χ4v) is 2.20. The zero-order valence-electron chi connectivity index (χ0n) is 15.7. The lowest BCUT2D eigenvalue weighted by atomic mass is 10.1. The minimum atomic E-state index is -0.677. The van der Waals surface area contributed by atoms with E-state index in [4.69, 9.17) is 10.3 Å². The van der Waals surface area contributed by atoms with Crippen molar-refractivity contribution in [2.45, 2.75) is 39.8 Å². The molecule has 0 saturated carbocycles. The lowest BCUT2D eigenvalue weighted by Gasteiger charge is -2.15. The van der Waals surface area contributed by atoms with E-state index in [-0.39, 0.29) is 30.0 Å². The number of hydrogen-bond acceptors (Lipinski definition) is 6. The summed E-state index contributed by atoms with van der Waals surface area (Å²) < 4.78 is 18.8. The smallest absolute Gasteiger partial charge is 0.249 e. The van der Waals surface area contributed by atoms with Gasteiger partial charge in [0.1, 0.15) is 11.9 Å². The third-order valence-electron chi connectivity index (χ3n) is 4.06. The number of carbonyl (C=O) groups is 2. The second kappa shape index (κ2) is 8.72. The summed E-state index contributed by atoms with van der Waals surface area (Å²) in [7, 11) is 0. The van der Waals surface area contributed by atoms with Crippen molar-refractivity contribution in [3.05, 3.63) is 35.5 Å². The van der Waals surface area contributed by atoms with E-state index in [9.17, 15) is 14.0 Å². The maximum Gasteiger partial charge on any atom is 0.249 e. The molecule has 0 spiro atoms. The van der Waals surface area contributed by atoms with Crippen LogP contribution in [0.15, 0.2) is 22.7 Å². The number of nitrogens with one attached hydrogen (secondary N) is 2. The molecule has 1 heterocycles. The van der Waals surface area contributed by atoms with E-state index >= 15 is 0 Å². The molecule has 1 aromatic heterocycles. The number of rotatable bonds is 7. The molecule has 27 heavy (non-hydrogen) atoms. The summed E-state index contributed by atoms with van der Waals surface area (Å²) in [5.41, 5.74) is 6.70. The summed E-state index contributed by atoms with van der Waals surface area (Å²) in [6, 6.07) is 3.37. The van der Waals surface area contributed by atoms with E-state index < -0.39 is 23.9 Å². The van der Waals surface area contributed by atoms with Crippen LogP contribution in [0.25, 0.3) is 11.4 Å². The molecule has 0 bridgehead atoms. The van der Waals surface area contributed by atoms with Crippen LogP contribution in [0.1, 0.15) is 38.3 Å². The van der Waals surface area contributed by atoms with Crippen LogP contribution in [0.4, 0.5) is 4.39 Å². The van der Waals surface area contributed by atoms with Gasteiger partial charge in [-0.3, -0.25) is 9.59 Å². The molecule has 1 aromatic carbocycles. The molecule has 8 nitrogen and oxygen atoms in total. The minimum absolute atomic E-state index is 0.0320. The van der Waals surface area contributed by atoms with Gasteiger partial charge in [0.2, 0.25) is 23.5 Å². The fourth-order valence-electron chi connectivity index (χ4n) is 2.20. The quantitative estimate of drug-likeness (QED) is 0.671. The fraction of sp³-hybridized carbons (Fsp3) is 0.444. The maximum atomic E-state index is 13.7. The van der Waals surface area contributed by atoms with Gasteiger partial charge in [-0.05, 0) is 31.4 Å². The standard InChI is InChI=1S/C18H24FN5O3/c1-9(2)15(20)17(26)21-8-14(25)22-11(4)18-23-16(24-27-18)12-6-5-10(3)13(19)7-12/h5-7,9,11,15H,8,20H2,1-4H3,(H,21,26)(H,22,25)/t11?,15-/m0/s1. The van der Waals surface area contributed by atoms with Crippen molar-refractivity contribution in [3.63, 3.8) is 0 Å². The molecule has 146 valence electrons. The van der Waals surface area contributed by atoms with Crippen molar-refractivity contribution in [3.8, 4) is 11.4 Å². The van der Waals surface area contributed by atoms with E-state index in [2.05, 4.69) is 20.8 Å². The molecule has 0 saturated heterocycles. The molecular formula is C18H24FN5O3. The Labute approximate surface area is 156 Å². The van der Waals surface area contributed by atoms with Gasteiger partial charge in [0, 0.05) is 5.56 Å². The number of aromatic nitrogens is 2. The van der Waals surface area contributed by atoms with Crippen LogP contribution < -0.4 is 16.4 Å². The first kappa shape index (κ1) is 20.5. The Hall–Kier alpha value is -2.81. The van der Waals surface area contributed by atoms with Crippen LogP contribution in [-0.4, -0.2) is 34.5 Å². The SMILES string of the molecule is Cc1ccc(-c2noc(C(C)NC(=O)CNC(=O)[C@@H](N)C(C)C)n2)cc1F. The first-order valence-corrected chi connectivity index (χ1v) is 8.61. The van der Waals surface area contributed by atoms with Crippen LogP contribution in [0.5, 0.6) is 0 Å². The Morgan fingerprint density at radius 2 is 2.00 bits per heavy atom. The van der Waals surface area contributed by atoms with Gasteiger partial charge in [-0.2, -0.15) is 4.98 Å². The molecule has 9 heteroatoms. The Bertz CT molecular complexity index is 821. The van der Waals surface area contributed by atoms with Crippen LogP contribution in [-0.2, 0) is 9.59 Å². The summed E-state index contributed by atoms with van der Waals surface area (Å²) in [6.07, 6.45) is 0. The summed E-state index contributed by atoms with van der Waals surface area (Å²) in [5, 5.41) is 8.93. The highest BCUT2D eigenvalue weighted by Gasteiger charge is 2.20. The summed E-state index contributed by atoms with van der Waals surface area (Å²) in [4.78, 5) is 27.9. The van der Waals surface area contributed by atoms with Crippen LogP contribution in [0.3, 0.4) is 0 Å². The average Bonchev–Trinajstić information content (AvgIpc) is 3.11. The van der Waals surface area contributed by atoms with E-state index in [0.29, 0.717) is 11.1 Å². The molecule has 0 radical (unpaired) electrons. The van der Waals surface area contributed by atoms with E-state index in [1.807, 2.05) is 13.8 Å². The van der Waals surface area contributed by atoms with E-state index in [1.54, 1.807) is 26.0 Å². The second-order valence-electron chi connectivity index (χ2n) is 6.70. The van der Waals surface area contributed by atoms with Gasteiger partial charge in [0.15, 0.2) is 0 Å². The third kappa shape index (κ3) is 5.33. The van der Waals surface area contributed by atoms with Crippen LogP contribution in [0, 0.1) is 18.7 Å². The molecule has 2 aromatic rings. The molecule has 1 unspecified atom stereocenters. The Balaban J connectivity index is 1.93. The van der Waals surface area contributed by atoms with Crippen molar-refractivity contribution in [1.29, 1.82) is 0 Å². The lowest BCUT2D eigenvalue weighted by Crippen LogP contribution is -2.47. The molecular weight excluding hydrogens is 353 g/mol. The van der Waals surface area contributed by atoms with Crippen LogP contribution in [0.2, 0.25) is 0 Å². The minimum Gasteiger partial charge on any atom is -0.346 e. The van der Waals surface area contributed by atoms with Gasteiger partial charge < -0.3 is 20.9 Å². The van der Waals surface area contributed by atoms with E-state index in [1.165, 1.54) is 6.07 Å². The number of amides is 2. The predicted octanol–water partition coefficient (Wildman–Crippen LogP) is 1.46. The Morgan fingerprint density at radius 3 is 2.63 bits per heavy atom. The summed E-state index contributed by atoms with van der Waals surface area (Å²) in [5.74, 6) is -0.820. The Morgan fingerprint density at radius 1 is 1.30 bits per heavy atom. The van der Waals surface area contributed by atoms with Crippen molar-refractivity contribution in [1.82, 2.24) is 20.8 Å². The molecule has 0 fully saturated rings. The number of benzene rings is 1. The maximum absolute atomic E-state index is 13.7. The molecule has 2 rings (SSSR count). The highest BCUT2D eigenvalue weighted by molar-refractivity contribution is 5.87. The first-order chi connectivity index (χ1) is 12.7.